The van der Waals surface area contributed by atoms with Crippen LogP contribution in [0.25, 0.3) is 0 Å². The summed E-state index contributed by atoms with van der Waals surface area (Å²) < 4.78 is 39.4. The average Bonchev–Trinajstić information content (AvgIpc) is 1.92. The maximum absolute atomic E-state index is 13.4. The Morgan fingerprint density at radius 2 is 1.57 bits per heavy atom. The van der Waals surface area contributed by atoms with Crippen molar-refractivity contribution >= 4 is 24.9 Å². The normalized spacial score (nSPS) is 14.9. The van der Waals surface area contributed by atoms with Crippen LogP contribution in [0.1, 0.15) is 0 Å². The number of hydrogen-bond acceptors (Lipinski definition) is 0. The second kappa shape index (κ2) is 3.14. The average molecular weight is 279 g/mol. The fourth-order valence-corrected chi connectivity index (χ4v) is 4.83. The summed E-state index contributed by atoms with van der Waals surface area (Å²) in [6, 6.07) is 1.62. The minimum atomic E-state index is -3.20. The van der Waals surface area contributed by atoms with E-state index in [0.29, 0.717) is 6.07 Å². The first-order valence-electron chi connectivity index (χ1n) is 4.01. The van der Waals surface area contributed by atoms with Crippen molar-refractivity contribution in [2.45, 2.75) is 17.1 Å². The van der Waals surface area contributed by atoms with E-state index >= 15 is 0 Å². The summed E-state index contributed by atoms with van der Waals surface area (Å²) in [5.74, 6) is -2.81. The summed E-state index contributed by atoms with van der Waals surface area (Å²) in [5, 5.41) is 0. The predicted molar refractivity (Wildman–Crippen MR) is 55.1 cm³/mol. The number of rotatable bonds is 1. The van der Waals surface area contributed by atoms with Crippen LogP contribution < -0.4 is 4.35 Å². The van der Waals surface area contributed by atoms with Crippen molar-refractivity contribution in [3.05, 3.63) is 29.6 Å². The Morgan fingerprint density at radius 3 is 2.00 bits per heavy atom. The van der Waals surface area contributed by atoms with E-state index in [0.717, 1.165) is 6.07 Å². The van der Waals surface area contributed by atoms with Crippen LogP contribution in [0.15, 0.2) is 12.1 Å². The van der Waals surface area contributed by atoms with Gasteiger partial charge in [0.1, 0.15) is 0 Å². The van der Waals surface area contributed by atoms with Gasteiger partial charge in [0.05, 0.1) is 0 Å². The Hall–Kier alpha value is -0.215. The molecule has 0 aliphatic heterocycles. The van der Waals surface area contributed by atoms with Crippen molar-refractivity contribution in [2.24, 2.45) is 0 Å². The van der Waals surface area contributed by atoms with E-state index in [4.69, 9.17) is 0 Å². The maximum atomic E-state index is 13.4. The summed E-state index contributed by atoms with van der Waals surface area (Å²) in [5.41, 5.74) is 5.44. The third-order valence-electron chi connectivity index (χ3n) is 1.82. The van der Waals surface area contributed by atoms with E-state index in [-0.39, 0.29) is 4.35 Å². The molecule has 1 aromatic rings. The standard InChI is InChI=1S/C9H11AsF3Si/c1-10(2,3,14)7-4-6(11)5-8(12)9(7)13/h4-5H,1-3H3. The van der Waals surface area contributed by atoms with E-state index in [1.807, 2.05) is 17.1 Å². The van der Waals surface area contributed by atoms with Gasteiger partial charge in [-0.2, -0.15) is 0 Å². The molecule has 0 saturated carbocycles. The first kappa shape index (κ1) is 11.9. The van der Waals surface area contributed by atoms with Crippen molar-refractivity contribution in [3.8, 4) is 0 Å². The van der Waals surface area contributed by atoms with E-state index in [1.54, 1.807) is 0 Å². The topological polar surface area (TPSA) is 0 Å². The molecule has 1 rings (SSSR count). The summed E-state index contributed by atoms with van der Waals surface area (Å²) in [6.07, 6.45) is 0. The van der Waals surface area contributed by atoms with Gasteiger partial charge in [0.15, 0.2) is 0 Å². The second-order valence-corrected chi connectivity index (χ2v) is 25.4. The third kappa shape index (κ3) is 2.42. The first-order valence-corrected chi connectivity index (χ1v) is 13.8. The van der Waals surface area contributed by atoms with Gasteiger partial charge in [-0.1, -0.05) is 0 Å². The molecule has 0 fully saturated rings. The zero-order chi connectivity index (χ0) is 11.2. The van der Waals surface area contributed by atoms with Gasteiger partial charge in [0.2, 0.25) is 0 Å². The van der Waals surface area contributed by atoms with Crippen molar-refractivity contribution in [2.75, 3.05) is 0 Å². The van der Waals surface area contributed by atoms with Gasteiger partial charge >= 0.3 is 84.7 Å². The zero-order valence-electron chi connectivity index (χ0n) is 8.24. The fourth-order valence-electron chi connectivity index (χ4n) is 1.11. The quantitative estimate of drug-likeness (QED) is 0.546. The summed E-state index contributed by atoms with van der Waals surface area (Å²) in [7, 11) is 3.47. The molecule has 0 N–H and O–H groups in total. The molecule has 77 valence electrons. The third-order valence-corrected chi connectivity index (χ3v) is 7.29. The Labute approximate surface area is 85.0 Å². The van der Waals surface area contributed by atoms with Gasteiger partial charge in [0.25, 0.3) is 0 Å². The summed E-state index contributed by atoms with van der Waals surface area (Å²) in [4.78, 5) is 0. The van der Waals surface area contributed by atoms with Crippen LogP contribution in [-0.4, -0.2) is 20.5 Å². The number of benzene rings is 1. The predicted octanol–water partition coefficient (Wildman–Crippen LogP) is 2.27. The van der Waals surface area contributed by atoms with E-state index in [9.17, 15) is 13.2 Å². The van der Waals surface area contributed by atoms with E-state index in [2.05, 4.69) is 8.71 Å². The first-order chi connectivity index (χ1) is 6.08. The molecule has 3 radical (unpaired) electrons. The van der Waals surface area contributed by atoms with Crippen LogP contribution in [0.3, 0.4) is 0 Å². The van der Waals surface area contributed by atoms with Crippen LogP contribution >= 0.6 is 0 Å². The molecular formula is C9H11AsF3Si. The molecule has 14 heavy (non-hydrogen) atoms. The van der Waals surface area contributed by atoms with Crippen molar-refractivity contribution in [1.29, 1.82) is 0 Å². The molecule has 0 unspecified atom stereocenters. The number of halogens is 3. The van der Waals surface area contributed by atoms with Crippen LogP contribution in [-0.2, 0) is 0 Å². The molecule has 0 aromatic heterocycles. The minimum absolute atomic E-state index is 0.137. The van der Waals surface area contributed by atoms with Crippen molar-refractivity contribution < 1.29 is 13.2 Å². The van der Waals surface area contributed by atoms with Gasteiger partial charge in [-0.15, -0.1) is 0 Å². The molecule has 1 aromatic carbocycles. The van der Waals surface area contributed by atoms with Crippen molar-refractivity contribution in [3.63, 3.8) is 0 Å². The molecule has 0 heterocycles. The van der Waals surface area contributed by atoms with Crippen LogP contribution in [0.2, 0.25) is 17.1 Å². The molecule has 0 aliphatic rings. The second-order valence-electron chi connectivity index (χ2n) is 4.52. The number of hydrogen-bond donors (Lipinski definition) is 0. The van der Waals surface area contributed by atoms with Gasteiger partial charge in [-0.05, 0) is 0 Å². The molecular weight excluding hydrogens is 268 g/mol. The zero-order valence-corrected chi connectivity index (χ0v) is 11.1. The fraction of sp³-hybridized carbons (Fsp3) is 0.333. The molecule has 0 atom stereocenters. The molecule has 0 spiro atoms. The van der Waals surface area contributed by atoms with E-state index < -0.39 is 29.2 Å². The van der Waals surface area contributed by atoms with Gasteiger partial charge < -0.3 is 0 Å². The van der Waals surface area contributed by atoms with Crippen LogP contribution in [0, 0.1) is 17.5 Å². The molecule has 0 nitrogen and oxygen atoms in total. The van der Waals surface area contributed by atoms with E-state index in [1.165, 1.54) is 0 Å². The summed E-state index contributed by atoms with van der Waals surface area (Å²) in [6.45, 7) is 0. The SMILES string of the molecule is C[As](C)(C)([Si])c1cc(F)cc(F)c1F. The molecule has 0 amide bonds. The van der Waals surface area contributed by atoms with Gasteiger partial charge in [0, 0.05) is 0 Å². The van der Waals surface area contributed by atoms with Crippen LogP contribution in [0.4, 0.5) is 13.2 Å². The molecule has 5 heteroatoms. The molecule has 0 saturated heterocycles. The van der Waals surface area contributed by atoms with Gasteiger partial charge in [-0.25, -0.2) is 0 Å². The Kier molecular flexibility index (Phi) is 2.66. The van der Waals surface area contributed by atoms with Crippen LogP contribution in [0.5, 0.6) is 0 Å². The Balaban J connectivity index is 3.51. The molecule has 0 bridgehead atoms. The van der Waals surface area contributed by atoms with Crippen molar-refractivity contribution in [1.82, 2.24) is 0 Å². The molecule has 0 aliphatic carbocycles. The Morgan fingerprint density at radius 1 is 1.07 bits per heavy atom. The summed E-state index contributed by atoms with van der Waals surface area (Å²) >= 11 is -3.20. The monoisotopic (exact) mass is 279 g/mol. The Bertz CT molecular complexity index is 372. The van der Waals surface area contributed by atoms with Gasteiger partial charge in [-0.3, -0.25) is 0 Å².